The van der Waals surface area contributed by atoms with E-state index in [1.165, 1.54) is 21.3 Å². The molecule has 2 aromatic rings. The van der Waals surface area contributed by atoms with Crippen LogP contribution in [0.25, 0.3) is 0 Å². The van der Waals surface area contributed by atoms with Crippen molar-refractivity contribution in [1.29, 1.82) is 0 Å². The molecule has 2 N–H and O–H groups in total. The van der Waals surface area contributed by atoms with Crippen molar-refractivity contribution in [2.45, 2.75) is 11.8 Å². The molecule has 0 bridgehead atoms. The first-order valence-corrected chi connectivity index (χ1v) is 11.1. The second-order valence-electron chi connectivity index (χ2n) is 8.42. The summed E-state index contributed by atoms with van der Waals surface area (Å²) in [5.74, 6) is -4.63. The average Bonchev–Trinajstić information content (AvgIpc) is 3.81. The zero-order valence-corrected chi connectivity index (χ0v) is 20.2. The number of carbonyl (C=O) groups is 4. The Morgan fingerprint density at radius 3 is 1.11 bits per heavy atom. The molecule has 2 aromatic carbocycles. The maximum absolute atomic E-state index is 11.7. The first-order chi connectivity index (χ1) is 17.2. The first kappa shape index (κ1) is 26.5. The van der Waals surface area contributed by atoms with E-state index >= 15 is 0 Å². The van der Waals surface area contributed by atoms with Crippen molar-refractivity contribution >= 4 is 23.9 Å². The summed E-state index contributed by atoms with van der Waals surface area (Å²) in [7, 11) is 5.76. The van der Waals surface area contributed by atoms with Gasteiger partial charge in [-0.3, -0.25) is 19.2 Å². The zero-order chi connectivity index (χ0) is 26.6. The Kier molecular flexibility index (Phi) is 8.18. The average molecular weight is 501 g/mol. The fourth-order valence-corrected chi connectivity index (χ4v) is 4.58. The molecule has 2 unspecified atom stereocenters. The van der Waals surface area contributed by atoms with Crippen LogP contribution in [0.4, 0.5) is 0 Å². The van der Waals surface area contributed by atoms with Gasteiger partial charge in [-0.2, -0.15) is 0 Å². The number of carbonyl (C=O) groups excluding carboxylic acids is 2. The maximum atomic E-state index is 11.7. The molecule has 10 nitrogen and oxygen atoms in total. The van der Waals surface area contributed by atoms with E-state index in [4.69, 9.17) is 29.2 Å². The SMILES string of the molecule is COC(=O)[C@@H]1C(c2ccc(OC)cc2)[C@@H]1C(=O)OC.COc1ccc(C2[C@@H](C(=O)O)[C@H]2C(=O)O)cc1. The van der Waals surface area contributed by atoms with Crippen LogP contribution in [0, 0.1) is 23.7 Å². The summed E-state index contributed by atoms with van der Waals surface area (Å²) < 4.78 is 19.5. The van der Waals surface area contributed by atoms with Gasteiger partial charge in [0.25, 0.3) is 0 Å². The van der Waals surface area contributed by atoms with Crippen molar-refractivity contribution in [2.75, 3.05) is 28.4 Å². The highest BCUT2D eigenvalue weighted by Crippen LogP contribution is 2.55. The lowest BCUT2D eigenvalue weighted by Crippen LogP contribution is -2.10. The fourth-order valence-electron chi connectivity index (χ4n) is 4.58. The van der Waals surface area contributed by atoms with Crippen LogP contribution in [-0.2, 0) is 28.7 Å². The maximum Gasteiger partial charge on any atom is 0.310 e. The van der Waals surface area contributed by atoms with E-state index in [0.717, 1.165) is 16.9 Å². The van der Waals surface area contributed by atoms with Crippen LogP contribution >= 0.6 is 0 Å². The third-order valence-electron chi connectivity index (χ3n) is 6.56. The van der Waals surface area contributed by atoms with Crippen LogP contribution in [0.3, 0.4) is 0 Å². The van der Waals surface area contributed by atoms with E-state index in [1.54, 1.807) is 43.5 Å². The molecule has 2 saturated carbocycles. The first-order valence-electron chi connectivity index (χ1n) is 11.1. The van der Waals surface area contributed by atoms with Gasteiger partial charge < -0.3 is 29.2 Å². The molecule has 192 valence electrons. The third kappa shape index (κ3) is 5.42. The van der Waals surface area contributed by atoms with Gasteiger partial charge in [0, 0.05) is 11.8 Å². The Morgan fingerprint density at radius 1 is 0.556 bits per heavy atom. The highest BCUT2D eigenvalue weighted by Gasteiger charge is 2.61. The second-order valence-corrected chi connectivity index (χ2v) is 8.42. The molecule has 2 fully saturated rings. The van der Waals surface area contributed by atoms with Gasteiger partial charge in [0.2, 0.25) is 0 Å². The minimum atomic E-state index is -1.06. The normalized spacial score (nSPS) is 25.3. The monoisotopic (exact) mass is 500 g/mol. The summed E-state index contributed by atoms with van der Waals surface area (Å²) in [4.78, 5) is 45.1. The molecule has 36 heavy (non-hydrogen) atoms. The zero-order valence-electron chi connectivity index (χ0n) is 20.2. The summed E-state index contributed by atoms with van der Waals surface area (Å²) in [6.45, 7) is 0. The highest BCUT2D eigenvalue weighted by molar-refractivity contribution is 5.90. The van der Waals surface area contributed by atoms with E-state index in [1.807, 2.05) is 12.1 Å². The van der Waals surface area contributed by atoms with Gasteiger partial charge in [-0.25, -0.2) is 0 Å². The predicted octanol–water partition coefficient (Wildman–Crippen LogP) is 2.56. The molecule has 0 spiro atoms. The Bertz CT molecular complexity index is 1070. The number of carboxylic acid groups (broad SMARTS) is 2. The summed E-state index contributed by atoms with van der Waals surface area (Å²) in [5.41, 5.74) is 1.64. The highest BCUT2D eigenvalue weighted by atomic mass is 16.5. The molecular weight excluding hydrogens is 472 g/mol. The predicted molar refractivity (Wildman–Crippen MR) is 125 cm³/mol. The van der Waals surface area contributed by atoms with E-state index in [-0.39, 0.29) is 17.9 Å². The van der Waals surface area contributed by atoms with Crippen LogP contribution in [0.5, 0.6) is 11.5 Å². The summed E-state index contributed by atoms with van der Waals surface area (Å²) in [6, 6.07) is 14.1. The number of hydrogen-bond acceptors (Lipinski definition) is 8. The van der Waals surface area contributed by atoms with Gasteiger partial charge >= 0.3 is 23.9 Å². The number of ether oxygens (including phenoxy) is 4. The molecular formula is C26H28O10. The molecule has 0 radical (unpaired) electrons. The Hall–Kier alpha value is -4.08. The van der Waals surface area contributed by atoms with Gasteiger partial charge in [0.05, 0.1) is 52.1 Å². The number of benzene rings is 2. The number of rotatable bonds is 8. The van der Waals surface area contributed by atoms with Crippen molar-refractivity contribution in [3.05, 3.63) is 59.7 Å². The molecule has 4 rings (SSSR count). The fraction of sp³-hybridized carbons (Fsp3) is 0.385. The number of aliphatic carboxylic acids is 2. The molecule has 10 heteroatoms. The van der Waals surface area contributed by atoms with Crippen LogP contribution < -0.4 is 9.47 Å². The van der Waals surface area contributed by atoms with Crippen LogP contribution in [0.1, 0.15) is 23.0 Å². The Balaban J connectivity index is 0.000000202. The topological polar surface area (TPSA) is 146 Å². The molecule has 0 aliphatic heterocycles. The largest absolute Gasteiger partial charge is 0.497 e. The van der Waals surface area contributed by atoms with Crippen LogP contribution in [0.2, 0.25) is 0 Å². The molecule has 0 saturated heterocycles. The molecule has 0 heterocycles. The number of methoxy groups -OCH3 is 4. The Labute approximate surface area is 207 Å². The van der Waals surface area contributed by atoms with Gasteiger partial charge in [-0.1, -0.05) is 24.3 Å². The molecule has 0 aromatic heterocycles. The van der Waals surface area contributed by atoms with Crippen molar-refractivity contribution in [3.63, 3.8) is 0 Å². The quantitative estimate of drug-likeness (QED) is 0.519. The number of carboxylic acids is 2. The standard InChI is InChI=1S/C14H16O5.C12H12O5/c1-17-9-6-4-8(5-7-9)10-11(13(15)18-2)12(10)14(16)19-3;1-17-7-4-2-6(3-5-7)8-9(11(13)14)10(8)12(15)16/h4-7,10-12H,1-3H3;2-5,8-10H,1H3,(H,13,14)(H,15,16)/t10?,11-,12+;8?,9-,10+. The van der Waals surface area contributed by atoms with Crippen LogP contribution in [0.15, 0.2) is 48.5 Å². The van der Waals surface area contributed by atoms with E-state index < -0.39 is 41.5 Å². The summed E-state index contributed by atoms with van der Waals surface area (Å²) in [6.07, 6.45) is 0. The van der Waals surface area contributed by atoms with Gasteiger partial charge in [0.1, 0.15) is 11.5 Å². The molecule has 2 aliphatic rings. The molecule has 2 aliphatic carbocycles. The minimum Gasteiger partial charge on any atom is -0.497 e. The summed E-state index contributed by atoms with van der Waals surface area (Å²) >= 11 is 0. The van der Waals surface area contributed by atoms with E-state index in [9.17, 15) is 19.2 Å². The smallest absolute Gasteiger partial charge is 0.310 e. The lowest BCUT2D eigenvalue weighted by molar-refractivity contribution is -0.148. The van der Waals surface area contributed by atoms with Crippen molar-refractivity contribution in [2.24, 2.45) is 23.7 Å². The van der Waals surface area contributed by atoms with Gasteiger partial charge in [-0.05, 0) is 35.4 Å². The van der Waals surface area contributed by atoms with Crippen molar-refractivity contribution < 1.29 is 48.3 Å². The third-order valence-corrected chi connectivity index (χ3v) is 6.56. The number of hydrogen-bond donors (Lipinski definition) is 2. The molecule has 6 atom stereocenters. The van der Waals surface area contributed by atoms with Crippen molar-refractivity contribution in [3.8, 4) is 11.5 Å². The summed E-state index contributed by atoms with van der Waals surface area (Å²) in [5, 5.41) is 17.8. The van der Waals surface area contributed by atoms with Gasteiger partial charge in [-0.15, -0.1) is 0 Å². The van der Waals surface area contributed by atoms with Crippen LogP contribution in [-0.4, -0.2) is 62.5 Å². The van der Waals surface area contributed by atoms with Crippen molar-refractivity contribution in [1.82, 2.24) is 0 Å². The Morgan fingerprint density at radius 2 is 0.861 bits per heavy atom. The van der Waals surface area contributed by atoms with E-state index in [0.29, 0.717) is 5.75 Å². The van der Waals surface area contributed by atoms with E-state index in [2.05, 4.69) is 0 Å². The lowest BCUT2D eigenvalue weighted by Gasteiger charge is -2.02. The minimum absolute atomic E-state index is 0.175. The second kappa shape index (κ2) is 11.1. The number of esters is 2. The molecule has 0 amide bonds. The van der Waals surface area contributed by atoms with Gasteiger partial charge in [0.15, 0.2) is 0 Å². The lowest BCUT2D eigenvalue weighted by atomic mass is 10.1.